The highest BCUT2D eigenvalue weighted by atomic mass is 79.9. The van der Waals surface area contributed by atoms with Crippen molar-refractivity contribution in [2.75, 3.05) is 0 Å². The van der Waals surface area contributed by atoms with Crippen LogP contribution in [0.25, 0.3) is 32.1 Å². The molecular weight excluding hydrogens is 330 g/mol. The first-order chi connectivity index (χ1) is 9.81. The monoisotopic (exact) mass is 339 g/mol. The van der Waals surface area contributed by atoms with Crippen molar-refractivity contribution in [1.82, 2.24) is 4.98 Å². The summed E-state index contributed by atoms with van der Waals surface area (Å²) in [6.07, 6.45) is 0. The molecule has 4 aromatic rings. The van der Waals surface area contributed by atoms with E-state index < -0.39 is 0 Å². The van der Waals surface area contributed by atoms with Crippen LogP contribution in [0.4, 0.5) is 0 Å². The van der Waals surface area contributed by atoms with E-state index in [9.17, 15) is 0 Å². The van der Waals surface area contributed by atoms with Gasteiger partial charge in [0.1, 0.15) is 9.61 Å². The Balaban J connectivity index is 2.08. The van der Waals surface area contributed by atoms with Crippen molar-refractivity contribution < 1.29 is 0 Å². The van der Waals surface area contributed by atoms with Crippen LogP contribution in [0.3, 0.4) is 0 Å². The van der Waals surface area contributed by atoms with E-state index in [1.807, 2.05) is 5.38 Å². The molecule has 0 aliphatic carbocycles. The average molecular weight is 340 g/mol. The first-order valence-corrected chi connectivity index (χ1v) is 8.01. The standard InChI is InChI=1S/C17H10BrNS/c18-16-10-20-17(19-16)14-7-3-6-13-8-11-4-1-2-5-12(11)9-15(13)14/h1-10H. The summed E-state index contributed by atoms with van der Waals surface area (Å²) >= 11 is 5.10. The Labute approximate surface area is 129 Å². The Kier molecular flexibility index (Phi) is 2.83. The molecule has 1 heterocycles. The quantitative estimate of drug-likeness (QED) is 0.394. The molecule has 0 spiro atoms. The highest BCUT2D eigenvalue weighted by Gasteiger charge is 2.08. The van der Waals surface area contributed by atoms with Crippen LogP contribution >= 0.6 is 27.3 Å². The zero-order chi connectivity index (χ0) is 13.5. The minimum absolute atomic E-state index is 0.898. The second-order valence-electron chi connectivity index (χ2n) is 4.70. The maximum atomic E-state index is 4.55. The molecule has 3 aromatic carbocycles. The lowest BCUT2D eigenvalue weighted by molar-refractivity contribution is 1.37. The van der Waals surface area contributed by atoms with Gasteiger partial charge in [-0.2, -0.15) is 0 Å². The van der Waals surface area contributed by atoms with E-state index in [0.29, 0.717) is 0 Å². The number of rotatable bonds is 1. The van der Waals surface area contributed by atoms with Gasteiger partial charge in [-0.25, -0.2) is 4.98 Å². The lowest BCUT2D eigenvalue weighted by Crippen LogP contribution is -1.82. The van der Waals surface area contributed by atoms with E-state index in [0.717, 1.165) is 9.61 Å². The van der Waals surface area contributed by atoms with Gasteiger partial charge < -0.3 is 0 Å². The molecule has 96 valence electrons. The van der Waals surface area contributed by atoms with Crippen molar-refractivity contribution in [3.63, 3.8) is 0 Å². The number of hydrogen-bond acceptors (Lipinski definition) is 2. The summed E-state index contributed by atoms with van der Waals surface area (Å²) in [5.74, 6) is 0. The molecular formula is C17H10BrNS. The number of halogens is 1. The minimum atomic E-state index is 0.898. The Morgan fingerprint density at radius 2 is 1.60 bits per heavy atom. The van der Waals surface area contributed by atoms with Crippen molar-refractivity contribution in [2.24, 2.45) is 0 Å². The van der Waals surface area contributed by atoms with Gasteiger partial charge >= 0.3 is 0 Å². The van der Waals surface area contributed by atoms with Crippen LogP contribution in [0.5, 0.6) is 0 Å². The predicted molar refractivity (Wildman–Crippen MR) is 90.3 cm³/mol. The number of aromatic nitrogens is 1. The number of hydrogen-bond donors (Lipinski definition) is 0. The number of benzene rings is 3. The van der Waals surface area contributed by atoms with Gasteiger partial charge in [-0.1, -0.05) is 42.5 Å². The summed E-state index contributed by atoms with van der Waals surface area (Å²) in [5, 5.41) is 8.13. The van der Waals surface area contributed by atoms with Gasteiger partial charge in [-0.15, -0.1) is 11.3 Å². The average Bonchev–Trinajstić information content (AvgIpc) is 2.91. The first-order valence-electron chi connectivity index (χ1n) is 6.34. The van der Waals surface area contributed by atoms with E-state index in [2.05, 4.69) is 75.5 Å². The summed E-state index contributed by atoms with van der Waals surface area (Å²) in [6.45, 7) is 0. The van der Waals surface area contributed by atoms with Gasteiger partial charge in [-0.3, -0.25) is 0 Å². The van der Waals surface area contributed by atoms with Crippen LogP contribution in [-0.2, 0) is 0 Å². The fourth-order valence-electron chi connectivity index (χ4n) is 2.53. The van der Waals surface area contributed by atoms with E-state index in [-0.39, 0.29) is 0 Å². The normalized spacial score (nSPS) is 11.2. The molecule has 0 unspecified atom stereocenters. The maximum absolute atomic E-state index is 4.55. The lowest BCUT2D eigenvalue weighted by Gasteiger charge is -2.06. The molecule has 0 saturated carbocycles. The highest BCUT2D eigenvalue weighted by Crippen LogP contribution is 2.34. The molecule has 0 bridgehead atoms. The largest absolute Gasteiger partial charge is 0.229 e. The topological polar surface area (TPSA) is 12.9 Å². The first kappa shape index (κ1) is 12.1. The molecule has 0 radical (unpaired) electrons. The molecule has 0 N–H and O–H groups in total. The maximum Gasteiger partial charge on any atom is 0.125 e. The summed E-state index contributed by atoms with van der Waals surface area (Å²) in [5.41, 5.74) is 1.20. The summed E-state index contributed by atoms with van der Waals surface area (Å²) in [4.78, 5) is 4.55. The Hall–Kier alpha value is -1.71. The third kappa shape index (κ3) is 1.94. The van der Waals surface area contributed by atoms with E-state index in [1.54, 1.807) is 11.3 Å². The SMILES string of the molecule is Brc1csc(-c2cccc3cc4ccccc4cc23)n1. The minimum Gasteiger partial charge on any atom is -0.229 e. The molecule has 0 fully saturated rings. The van der Waals surface area contributed by atoms with E-state index in [4.69, 9.17) is 0 Å². The van der Waals surface area contributed by atoms with Gasteiger partial charge in [0.05, 0.1) is 0 Å². The third-order valence-electron chi connectivity index (χ3n) is 3.45. The summed E-state index contributed by atoms with van der Waals surface area (Å²) in [6, 6.07) is 19.4. The van der Waals surface area contributed by atoms with Crippen molar-refractivity contribution in [1.29, 1.82) is 0 Å². The third-order valence-corrected chi connectivity index (χ3v) is 5.04. The Morgan fingerprint density at radius 1 is 0.850 bits per heavy atom. The molecule has 1 aromatic heterocycles. The molecule has 0 aliphatic rings. The van der Waals surface area contributed by atoms with Gasteiger partial charge in [0.2, 0.25) is 0 Å². The van der Waals surface area contributed by atoms with Crippen molar-refractivity contribution in [3.05, 3.63) is 64.6 Å². The van der Waals surface area contributed by atoms with Crippen molar-refractivity contribution in [2.45, 2.75) is 0 Å². The molecule has 3 heteroatoms. The summed E-state index contributed by atoms with van der Waals surface area (Å²) < 4.78 is 0.898. The molecule has 0 amide bonds. The number of nitrogens with zero attached hydrogens (tertiary/aromatic N) is 1. The Morgan fingerprint density at radius 3 is 2.35 bits per heavy atom. The van der Waals surface area contributed by atoms with Crippen molar-refractivity contribution in [3.8, 4) is 10.6 Å². The van der Waals surface area contributed by atoms with Crippen LogP contribution < -0.4 is 0 Å². The van der Waals surface area contributed by atoms with Gasteiger partial charge in [-0.05, 0) is 49.6 Å². The molecule has 1 nitrogen and oxygen atoms in total. The second kappa shape index (κ2) is 4.69. The summed E-state index contributed by atoms with van der Waals surface area (Å²) in [7, 11) is 0. The fraction of sp³-hybridized carbons (Fsp3) is 0. The van der Waals surface area contributed by atoms with Gasteiger partial charge in [0.25, 0.3) is 0 Å². The second-order valence-corrected chi connectivity index (χ2v) is 6.37. The molecule has 4 rings (SSSR count). The predicted octanol–water partition coefficient (Wildman–Crippen LogP) is 5.88. The zero-order valence-corrected chi connectivity index (χ0v) is 12.9. The smallest absolute Gasteiger partial charge is 0.125 e. The highest BCUT2D eigenvalue weighted by molar-refractivity contribution is 9.10. The van der Waals surface area contributed by atoms with Gasteiger partial charge in [0, 0.05) is 10.9 Å². The van der Waals surface area contributed by atoms with Crippen LogP contribution in [0.15, 0.2) is 64.6 Å². The van der Waals surface area contributed by atoms with Crippen LogP contribution in [0.2, 0.25) is 0 Å². The molecule has 20 heavy (non-hydrogen) atoms. The van der Waals surface area contributed by atoms with Crippen LogP contribution in [-0.4, -0.2) is 4.98 Å². The van der Waals surface area contributed by atoms with E-state index in [1.165, 1.54) is 27.1 Å². The van der Waals surface area contributed by atoms with Crippen LogP contribution in [0.1, 0.15) is 0 Å². The van der Waals surface area contributed by atoms with Crippen molar-refractivity contribution >= 4 is 48.8 Å². The zero-order valence-electron chi connectivity index (χ0n) is 10.5. The molecule has 0 aliphatic heterocycles. The van der Waals surface area contributed by atoms with Gasteiger partial charge in [0.15, 0.2) is 0 Å². The number of thiazole rings is 1. The number of fused-ring (bicyclic) bond motifs is 2. The van der Waals surface area contributed by atoms with E-state index >= 15 is 0 Å². The Bertz CT molecular complexity index is 926. The lowest BCUT2D eigenvalue weighted by atomic mass is 10.00. The van der Waals surface area contributed by atoms with Crippen LogP contribution in [0, 0.1) is 0 Å². The molecule has 0 saturated heterocycles. The molecule has 0 atom stereocenters. The fourth-order valence-corrected chi connectivity index (χ4v) is 3.82.